The molecular formula is C17H29N3O5. The van der Waals surface area contributed by atoms with Crippen molar-refractivity contribution in [1.82, 2.24) is 16.0 Å². The molecule has 3 amide bonds. The normalized spacial score (nSPS) is 27.2. The molecule has 0 aromatic carbocycles. The van der Waals surface area contributed by atoms with Gasteiger partial charge in [0.25, 0.3) is 5.91 Å². The van der Waals surface area contributed by atoms with Crippen molar-refractivity contribution in [2.45, 2.75) is 63.6 Å². The van der Waals surface area contributed by atoms with Crippen LogP contribution >= 0.6 is 0 Å². The molecule has 2 unspecified atom stereocenters. The van der Waals surface area contributed by atoms with Gasteiger partial charge in [-0.3, -0.25) is 14.4 Å². The molecule has 0 bridgehead atoms. The molecule has 2 fully saturated rings. The van der Waals surface area contributed by atoms with Gasteiger partial charge < -0.3 is 25.8 Å². The van der Waals surface area contributed by atoms with Gasteiger partial charge in [-0.15, -0.1) is 0 Å². The van der Waals surface area contributed by atoms with Gasteiger partial charge in [0.2, 0.25) is 11.8 Å². The summed E-state index contributed by atoms with van der Waals surface area (Å²) in [7, 11) is 0. The van der Waals surface area contributed by atoms with Crippen LogP contribution in [0.5, 0.6) is 0 Å². The summed E-state index contributed by atoms with van der Waals surface area (Å²) in [6.07, 6.45) is 2.78. The molecule has 2 saturated heterocycles. The summed E-state index contributed by atoms with van der Waals surface area (Å²) in [5.74, 6) is -0.351. The summed E-state index contributed by atoms with van der Waals surface area (Å²) in [5, 5.41) is 17.9. The molecule has 0 radical (unpaired) electrons. The maximum atomic E-state index is 12.4. The SMILES string of the molecule is CC(C)CC(CNC(=O)C1(CO)CCCO1)NC(=O)[C@H]1CCC(=O)N1. The van der Waals surface area contributed by atoms with Crippen LogP contribution in [0.25, 0.3) is 0 Å². The van der Waals surface area contributed by atoms with E-state index in [0.29, 0.717) is 38.2 Å². The largest absolute Gasteiger partial charge is 0.393 e. The second-order valence-electron chi connectivity index (χ2n) is 7.31. The zero-order chi connectivity index (χ0) is 18.4. The van der Waals surface area contributed by atoms with Gasteiger partial charge in [-0.25, -0.2) is 0 Å². The third-order valence-corrected chi connectivity index (χ3v) is 4.70. The van der Waals surface area contributed by atoms with Crippen molar-refractivity contribution < 1.29 is 24.2 Å². The van der Waals surface area contributed by atoms with Gasteiger partial charge in [-0.1, -0.05) is 13.8 Å². The van der Waals surface area contributed by atoms with E-state index in [0.717, 1.165) is 6.42 Å². The Morgan fingerprint density at radius 3 is 2.72 bits per heavy atom. The molecule has 8 nitrogen and oxygen atoms in total. The van der Waals surface area contributed by atoms with Crippen LogP contribution in [-0.4, -0.2) is 60.3 Å². The molecule has 2 aliphatic heterocycles. The van der Waals surface area contributed by atoms with Crippen molar-refractivity contribution in [3.05, 3.63) is 0 Å². The number of aliphatic hydroxyl groups is 1. The first-order valence-electron chi connectivity index (χ1n) is 8.99. The van der Waals surface area contributed by atoms with Crippen LogP contribution in [0.1, 0.15) is 46.0 Å². The van der Waals surface area contributed by atoms with E-state index in [1.54, 1.807) is 0 Å². The molecular weight excluding hydrogens is 326 g/mol. The molecule has 2 rings (SSSR count). The van der Waals surface area contributed by atoms with E-state index in [9.17, 15) is 19.5 Å². The molecule has 142 valence electrons. The Morgan fingerprint density at radius 1 is 1.44 bits per heavy atom. The number of carbonyl (C=O) groups is 3. The van der Waals surface area contributed by atoms with Gasteiger partial charge in [0.05, 0.1) is 6.61 Å². The lowest BCUT2D eigenvalue weighted by molar-refractivity contribution is -0.146. The van der Waals surface area contributed by atoms with E-state index in [4.69, 9.17) is 4.74 Å². The molecule has 2 aliphatic rings. The highest BCUT2D eigenvalue weighted by Crippen LogP contribution is 2.25. The highest BCUT2D eigenvalue weighted by molar-refractivity contribution is 5.91. The minimum atomic E-state index is -1.16. The van der Waals surface area contributed by atoms with E-state index in [-0.39, 0.29) is 36.9 Å². The van der Waals surface area contributed by atoms with Crippen molar-refractivity contribution in [1.29, 1.82) is 0 Å². The summed E-state index contributed by atoms with van der Waals surface area (Å²) < 4.78 is 5.44. The lowest BCUT2D eigenvalue weighted by Gasteiger charge is -2.27. The minimum absolute atomic E-state index is 0.114. The van der Waals surface area contributed by atoms with Crippen LogP contribution in [-0.2, 0) is 19.1 Å². The summed E-state index contributed by atoms with van der Waals surface area (Å²) in [6, 6.07) is -0.745. The van der Waals surface area contributed by atoms with Crippen molar-refractivity contribution in [2.24, 2.45) is 5.92 Å². The quantitative estimate of drug-likeness (QED) is 0.466. The van der Waals surface area contributed by atoms with Gasteiger partial charge in [-0.2, -0.15) is 0 Å². The number of ether oxygens (including phenoxy) is 1. The van der Waals surface area contributed by atoms with Crippen molar-refractivity contribution in [3.8, 4) is 0 Å². The van der Waals surface area contributed by atoms with Crippen LogP contribution in [0.4, 0.5) is 0 Å². The maximum Gasteiger partial charge on any atom is 0.254 e. The van der Waals surface area contributed by atoms with Crippen LogP contribution in [0.2, 0.25) is 0 Å². The number of nitrogens with one attached hydrogen (secondary N) is 3. The first-order valence-corrected chi connectivity index (χ1v) is 8.99. The Labute approximate surface area is 148 Å². The average molecular weight is 355 g/mol. The van der Waals surface area contributed by atoms with E-state index >= 15 is 0 Å². The van der Waals surface area contributed by atoms with Crippen LogP contribution in [0, 0.1) is 5.92 Å². The molecule has 3 atom stereocenters. The smallest absolute Gasteiger partial charge is 0.254 e. The first kappa shape index (κ1) is 19.7. The summed E-state index contributed by atoms with van der Waals surface area (Å²) >= 11 is 0. The highest BCUT2D eigenvalue weighted by atomic mass is 16.5. The molecule has 0 aliphatic carbocycles. The van der Waals surface area contributed by atoms with Gasteiger partial charge in [-0.05, 0) is 31.6 Å². The molecule has 0 saturated carbocycles. The van der Waals surface area contributed by atoms with Crippen LogP contribution < -0.4 is 16.0 Å². The second-order valence-corrected chi connectivity index (χ2v) is 7.31. The lowest BCUT2D eigenvalue weighted by Crippen LogP contribution is -2.54. The minimum Gasteiger partial charge on any atom is -0.393 e. The number of rotatable bonds is 8. The van der Waals surface area contributed by atoms with Crippen LogP contribution in [0.15, 0.2) is 0 Å². The van der Waals surface area contributed by atoms with E-state index in [1.807, 2.05) is 13.8 Å². The Kier molecular flexibility index (Phi) is 6.78. The highest BCUT2D eigenvalue weighted by Gasteiger charge is 2.42. The predicted molar refractivity (Wildman–Crippen MR) is 90.6 cm³/mol. The number of aliphatic hydroxyl groups excluding tert-OH is 1. The van der Waals surface area contributed by atoms with E-state index < -0.39 is 11.6 Å². The number of hydrogen-bond donors (Lipinski definition) is 4. The Hall–Kier alpha value is -1.67. The van der Waals surface area contributed by atoms with Crippen molar-refractivity contribution >= 4 is 17.7 Å². The van der Waals surface area contributed by atoms with Crippen LogP contribution in [0.3, 0.4) is 0 Å². The topological polar surface area (TPSA) is 117 Å². The first-order chi connectivity index (χ1) is 11.9. The average Bonchev–Trinajstić information content (AvgIpc) is 3.21. The molecule has 4 N–H and O–H groups in total. The van der Waals surface area contributed by atoms with Gasteiger partial charge in [0, 0.05) is 25.6 Å². The van der Waals surface area contributed by atoms with Crippen molar-refractivity contribution in [3.63, 3.8) is 0 Å². The Bertz CT molecular complexity index is 503. The van der Waals surface area contributed by atoms with Gasteiger partial charge in [0.15, 0.2) is 5.60 Å². The summed E-state index contributed by atoms with van der Waals surface area (Å²) in [5.41, 5.74) is -1.16. The standard InChI is InChI=1S/C17H29N3O5/c1-11(2)8-12(19-15(23)13-4-5-14(22)20-13)9-18-16(24)17(10-21)6-3-7-25-17/h11-13,21H,3-10H2,1-2H3,(H,18,24)(H,19,23)(H,20,22)/t12?,13-,17?/m1/s1. The third kappa shape index (κ3) is 5.15. The van der Waals surface area contributed by atoms with E-state index in [2.05, 4.69) is 16.0 Å². The zero-order valence-electron chi connectivity index (χ0n) is 15.0. The summed E-state index contributed by atoms with van der Waals surface area (Å²) in [4.78, 5) is 36.0. The van der Waals surface area contributed by atoms with Gasteiger partial charge >= 0.3 is 0 Å². The van der Waals surface area contributed by atoms with E-state index in [1.165, 1.54) is 0 Å². The fourth-order valence-corrected chi connectivity index (χ4v) is 3.32. The Morgan fingerprint density at radius 2 is 2.20 bits per heavy atom. The maximum absolute atomic E-state index is 12.4. The number of hydrogen-bond acceptors (Lipinski definition) is 5. The number of amides is 3. The molecule has 0 spiro atoms. The zero-order valence-corrected chi connectivity index (χ0v) is 15.0. The molecule has 2 heterocycles. The molecule has 25 heavy (non-hydrogen) atoms. The second kappa shape index (κ2) is 8.62. The van der Waals surface area contributed by atoms with Gasteiger partial charge in [0.1, 0.15) is 6.04 Å². The third-order valence-electron chi connectivity index (χ3n) is 4.70. The number of carbonyl (C=O) groups excluding carboxylic acids is 3. The van der Waals surface area contributed by atoms with Crippen molar-refractivity contribution in [2.75, 3.05) is 19.8 Å². The fraction of sp³-hybridized carbons (Fsp3) is 0.824. The monoisotopic (exact) mass is 355 g/mol. The molecule has 0 aromatic heterocycles. The summed E-state index contributed by atoms with van der Waals surface area (Å²) in [6.45, 7) is 4.44. The fourth-order valence-electron chi connectivity index (χ4n) is 3.32. The Balaban J connectivity index is 1.89. The molecule has 8 heteroatoms. The molecule has 0 aromatic rings. The lowest BCUT2D eigenvalue weighted by atomic mass is 9.99. The predicted octanol–water partition coefficient (Wildman–Crippen LogP) is -0.546.